The van der Waals surface area contributed by atoms with Crippen molar-refractivity contribution in [2.24, 2.45) is 0 Å². The van der Waals surface area contributed by atoms with Crippen molar-refractivity contribution in [1.82, 2.24) is 15.5 Å². The first-order chi connectivity index (χ1) is 16.0. The van der Waals surface area contributed by atoms with Crippen LogP contribution in [0.4, 0.5) is 5.69 Å². The Morgan fingerprint density at radius 2 is 1.85 bits per heavy atom. The molecule has 3 aromatic rings. The zero-order valence-electron chi connectivity index (χ0n) is 18.5. The molecule has 1 aromatic heterocycles. The average Bonchev–Trinajstić information content (AvgIpc) is 3.30. The van der Waals surface area contributed by atoms with Crippen molar-refractivity contribution in [3.63, 3.8) is 0 Å². The summed E-state index contributed by atoms with van der Waals surface area (Å²) in [5.74, 6) is 0.368. The maximum atomic E-state index is 12.5. The van der Waals surface area contributed by atoms with Crippen molar-refractivity contribution < 1.29 is 18.8 Å². The number of aryl methyl sites for hydroxylation is 1. The lowest BCUT2D eigenvalue weighted by Crippen LogP contribution is -2.51. The van der Waals surface area contributed by atoms with Gasteiger partial charge in [-0.1, -0.05) is 37.3 Å². The van der Waals surface area contributed by atoms with Crippen LogP contribution in [0.2, 0.25) is 0 Å². The minimum absolute atomic E-state index is 0.114. The van der Waals surface area contributed by atoms with E-state index in [9.17, 15) is 14.4 Å². The lowest BCUT2D eigenvalue weighted by Gasteiger charge is -2.35. The van der Waals surface area contributed by atoms with Gasteiger partial charge in [-0.05, 0) is 49.1 Å². The molecule has 33 heavy (non-hydrogen) atoms. The smallest absolute Gasteiger partial charge is 0.247 e. The number of hydrogen-bond acceptors (Lipinski definition) is 6. The molecule has 1 fully saturated rings. The first-order valence-electron chi connectivity index (χ1n) is 11.1. The van der Waals surface area contributed by atoms with E-state index in [1.165, 1.54) is 0 Å². The molecule has 0 bridgehead atoms. The second kappa shape index (κ2) is 9.77. The lowest BCUT2D eigenvalue weighted by molar-refractivity contribution is -0.138. The van der Waals surface area contributed by atoms with Gasteiger partial charge in [0.15, 0.2) is 0 Å². The van der Waals surface area contributed by atoms with Gasteiger partial charge in [-0.2, -0.15) is 0 Å². The molecule has 1 unspecified atom stereocenters. The Labute approximate surface area is 191 Å². The van der Waals surface area contributed by atoms with Gasteiger partial charge in [-0.3, -0.25) is 19.7 Å². The molecule has 1 saturated heterocycles. The summed E-state index contributed by atoms with van der Waals surface area (Å²) in [5, 5.41) is 13.4. The number of imide groups is 1. The van der Waals surface area contributed by atoms with Crippen molar-refractivity contribution in [3.8, 4) is 11.5 Å². The molecule has 3 amide bonds. The molecular formula is C25H26N4O4. The quantitative estimate of drug-likeness (QED) is 0.509. The highest BCUT2D eigenvalue weighted by molar-refractivity contribution is 6.03. The van der Waals surface area contributed by atoms with E-state index in [2.05, 4.69) is 20.8 Å². The number of nitrogens with zero attached hydrogens (tertiary/aromatic N) is 2. The Morgan fingerprint density at radius 1 is 1.09 bits per heavy atom. The van der Waals surface area contributed by atoms with Crippen molar-refractivity contribution in [2.45, 2.75) is 50.9 Å². The normalized spacial score (nSPS) is 18.1. The minimum atomic E-state index is -0.709. The third-order valence-electron chi connectivity index (χ3n) is 6.07. The highest BCUT2D eigenvalue weighted by Gasteiger charge is 2.42. The zero-order valence-corrected chi connectivity index (χ0v) is 18.5. The molecule has 0 aliphatic carbocycles. The number of nitrogens with one attached hydrogen (secondary N) is 2. The van der Waals surface area contributed by atoms with Gasteiger partial charge in [-0.25, -0.2) is 0 Å². The standard InChI is InChI=1S/C25H26N4O4/c1-2-25(16-15-21(31)27-24(25)32)18-11-13-19(14-12-18)26-20(30)9-6-10-22-28-29-23(33-22)17-7-4-3-5-8-17/h3-5,7-8,11-14H,2,6,9-10,15-16H2,1H3,(H,26,30)(H,27,31,32). The van der Waals surface area contributed by atoms with Gasteiger partial charge >= 0.3 is 0 Å². The van der Waals surface area contributed by atoms with Crippen LogP contribution in [-0.2, 0) is 26.2 Å². The molecule has 2 N–H and O–H groups in total. The molecule has 2 heterocycles. The van der Waals surface area contributed by atoms with Crippen LogP contribution in [0.15, 0.2) is 59.0 Å². The zero-order chi connectivity index (χ0) is 23.3. The maximum absolute atomic E-state index is 12.5. The monoisotopic (exact) mass is 446 g/mol. The highest BCUT2D eigenvalue weighted by Crippen LogP contribution is 2.36. The summed E-state index contributed by atoms with van der Waals surface area (Å²) in [6, 6.07) is 16.8. The third-order valence-corrected chi connectivity index (χ3v) is 6.07. The van der Waals surface area contributed by atoms with Gasteiger partial charge in [-0.15, -0.1) is 10.2 Å². The summed E-state index contributed by atoms with van der Waals surface area (Å²) in [6.45, 7) is 1.94. The van der Waals surface area contributed by atoms with Crippen molar-refractivity contribution in [3.05, 3.63) is 66.1 Å². The minimum Gasteiger partial charge on any atom is -0.421 e. The lowest BCUT2D eigenvalue weighted by atomic mass is 9.72. The molecule has 8 heteroatoms. The largest absolute Gasteiger partial charge is 0.421 e. The van der Waals surface area contributed by atoms with E-state index in [0.29, 0.717) is 56.0 Å². The van der Waals surface area contributed by atoms with E-state index in [1.807, 2.05) is 49.4 Å². The Kier molecular flexibility index (Phi) is 6.63. The number of aromatic nitrogens is 2. The van der Waals surface area contributed by atoms with Gasteiger partial charge < -0.3 is 9.73 Å². The number of carbonyl (C=O) groups excluding carboxylic acids is 3. The molecule has 0 radical (unpaired) electrons. The van der Waals surface area contributed by atoms with Crippen molar-refractivity contribution in [1.29, 1.82) is 0 Å². The fraction of sp³-hybridized carbons (Fsp3) is 0.320. The fourth-order valence-corrected chi connectivity index (χ4v) is 4.11. The number of piperidine rings is 1. The van der Waals surface area contributed by atoms with E-state index in [0.717, 1.165) is 11.1 Å². The molecule has 0 saturated carbocycles. The van der Waals surface area contributed by atoms with Gasteiger partial charge in [0.2, 0.25) is 29.5 Å². The number of rotatable bonds is 8. The number of benzene rings is 2. The van der Waals surface area contributed by atoms with Crippen LogP contribution in [0, 0.1) is 0 Å². The van der Waals surface area contributed by atoms with Crippen molar-refractivity contribution in [2.75, 3.05) is 5.32 Å². The summed E-state index contributed by atoms with van der Waals surface area (Å²) in [7, 11) is 0. The van der Waals surface area contributed by atoms with Crippen LogP contribution in [0.5, 0.6) is 0 Å². The van der Waals surface area contributed by atoms with Gasteiger partial charge in [0, 0.05) is 30.5 Å². The Balaban J connectivity index is 1.29. The van der Waals surface area contributed by atoms with E-state index >= 15 is 0 Å². The molecule has 0 spiro atoms. The van der Waals surface area contributed by atoms with E-state index in [1.54, 1.807) is 12.1 Å². The molecule has 1 aliphatic heterocycles. The molecular weight excluding hydrogens is 420 g/mol. The van der Waals surface area contributed by atoms with Crippen LogP contribution in [0.3, 0.4) is 0 Å². The number of amides is 3. The first-order valence-corrected chi connectivity index (χ1v) is 11.1. The fourth-order valence-electron chi connectivity index (χ4n) is 4.11. The van der Waals surface area contributed by atoms with Crippen LogP contribution in [0.1, 0.15) is 50.5 Å². The predicted molar refractivity (Wildman–Crippen MR) is 122 cm³/mol. The third kappa shape index (κ3) is 5.00. The van der Waals surface area contributed by atoms with E-state index in [-0.39, 0.29) is 17.7 Å². The Morgan fingerprint density at radius 3 is 2.55 bits per heavy atom. The molecule has 8 nitrogen and oxygen atoms in total. The second-order valence-corrected chi connectivity index (χ2v) is 8.16. The van der Waals surface area contributed by atoms with Gasteiger partial charge in [0.1, 0.15) is 0 Å². The average molecular weight is 447 g/mol. The molecule has 1 aliphatic rings. The van der Waals surface area contributed by atoms with Gasteiger partial charge in [0.25, 0.3) is 0 Å². The van der Waals surface area contributed by atoms with Crippen molar-refractivity contribution >= 4 is 23.4 Å². The summed E-state index contributed by atoms with van der Waals surface area (Å²) >= 11 is 0. The van der Waals surface area contributed by atoms with Crippen LogP contribution in [-0.4, -0.2) is 27.9 Å². The number of carbonyl (C=O) groups is 3. The van der Waals surface area contributed by atoms with Crippen LogP contribution >= 0.6 is 0 Å². The predicted octanol–water partition coefficient (Wildman–Crippen LogP) is 3.78. The van der Waals surface area contributed by atoms with E-state index < -0.39 is 5.41 Å². The first kappa shape index (κ1) is 22.4. The number of hydrogen-bond donors (Lipinski definition) is 2. The Hall–Kier alpha value is -3.81. The summed E-state index contributed by atoms with van der Waals surface area (Å²) in [5.41, 5.74) is 1.66. The molecule has 4 rings (SSSR count). The Bertz CT molecular complexity index is 1140. The van der Waals surface area contributed by atoms with Gasteiger partial charge in [0.05, 0.1) is 5.41 Å². The highest BCUT2D eigenvalue weighted by atomic mass is 16.4. The molecule has 2 aromatic carbocycles. The molecule has 170 valence electrons. The topological polar surface area (TPSA) is 114 Å². The van der Waals surface area contributed by atoms with Crippen LogP contribution in [0.25, 0.3) is 11.5 Å². The summed E-state index contributed by atoms with van der Waals surface area (Å²) < 4.78 is 5.67. The van der Waals surface area contributed by atoms with E-state index in [4.69, 9.17) is 4.42 Å². The molecule has 1 atom stereocenters. The second-order valence-electron chi connectivity index (χ2n) is 8.16. The summed E-state index contributed by atoms with van der Waals surface area (Å²) in [6.07, 6.45) is 2.81. The summed E-state index contributed by atoms with van der Waals surface area (Å²) in [4.78, 5) is 36.4. The maximum Gasteiger partial charge on any atom is 0.247 e. The number of anilines is 1. The SMILES string of the molecule is CCC1(c2ccc(NC(=O)CCCc3nnc(-c4ccccc4)o3)cc2)CCC(=O)NC1=O. The van der Waals surface area contributed by atoms with Crippen LogP contribution < -0.4 is 10.6 Å².